The number of ether oxygens (including phenoxy) is 1. The third kappa shape index (κ3) is 6.55. The molecule has 6 nitrogen and oxygen atoms in total. The van der Waals surface area contributed by atoms with Crippen molar-refractivity contribution in [2.45, 2.75) is 110 Å². The van der Waals surface area contributed by atoms with Crippen LogP contribution in [0, 0.1) is 25.4 Å². The molecule has 1 aliphatic carbocycles. The second kappa shape index (κ2) is 15.2. The van der Waals surface area contributed by atoms with E-state index in [1.807, 2.05) is 36.4 Å². The molecule has 1 spiro atoms. The average molecular weight is 1070 g/mol. The summed E-state index contributed by atoms with van der Waals surface area (Å²) in [5.41, 5.74) is 17.2. The van der Waals surface area contributed by atoms with E-state index in [9.17, 15) is 0 Å². The van der Waals surface area contributed by atoms with Gasteiger partial charge in [0.1, 0.15) is 18.1 Å². The summed E-state index contributed by atoms with van der Waals surface area (Å²) in [7, 11) is 2.14. The summed E-state index contributed by atoms with van der Waals surface area (Å²) in [4.78, 5) is 13.3. The fourth-order valence-corrected chi connectivity index (χ4v) is 11.1. The Balaban J connectivity index is 0.00000539. The van der Waals surface area contributed by atoms with Gasteiger partial charge in [0, 0.05) is 55.3 Å². The van der Waals surface area contributed by atoms with Crippen LogP contribution < -0.4 is 14.5 Å². The standard InChI is InChI=1S/C61H58N5O.Pt/c1-57(2,3)36-28-41-42-29-37(58(4,5)6)31-46(60(10,11)12)55(42)61(54(41)45(30-36)59(7,8)9)43-26-25-38(32-51(43)65-35-64(14)49-23-19-21-44(61)56(49)65)67-52-34-50-40(33-47(52)62-13)39-20-15-16-22-48(39)66(50)53-24-17-18-27-63-53;/h15-31,33,35H,1-12,14H3;/q-3;. The van der Waals surface area contributed by atoms with Gasteiger partial charge in [0.2, 0.25) is 5.69 Å². The van der Waals surface area contributed by atoms with E-state index < -0.39 is 5.41 Å². The minimum Gasteiger partial charge on any atom is -0.504 e. The van der Waals surface area contributed by atoms with Gasteiger partial charge in [-0.3, -0.25) is 0 Å². The summed E-state index contributed by atoms with van der Waals surface area (Å²) in [5, 5.41) is 1.94. The summed E-state index contributed by atoms with van der Waals surface area (Å²) in [6.07, 6.45) is 1.80. The fourth-order valence-electron chi connectivity index (χ4n) is 11.1. The van der Waals surface area contributed by atoms with Crippen molar-refractivity contribution in [3.8, 4) is 28.4 Å². The normalized spacial score (nSPS) is 14.7. The number of pyridine rings is 1. The molecular formula is C61H58N5OPt-3. The number of hydrogen-bond acceptors (Lipinski definition) is 4. The second-order valence-electron chi connectivity index (χ2n) is 23.0. The number of fused-ring (bicyclic) bond motifs is 12. The van der Waals surface area contributed by atoms with E-state index in [0.717, 1.165) is 50.2 Å². The number of nitrogens with zero attached hydrogens (tertiary/aromatic N) is 5. The van der Waals surface area contributed by atoms with Crippen molar-refractivity contribution in [1.29, 1.82) is 0 Å². The topological polar surface area (TPSA) is 37.9 Å². The molecule has 0 fully saturated rings. The van der Waals surface area contributed by atoms with Gasteiger partial charge in [0.25, 0.3) is 0 Å². The first-order chi connectivity index (χ1) is 31.6. The molecule has 68 heavy (non-hydrogen) atoms. The van der Waals surface area contributed by atoms with E-state index in [0.29, 0.717) is 17.2 Å². The number of benzene rings is 6. The first-order valence-corrected chi connectivity index (χ1v) is 23.5. The molecule has 6 aromatic carbocycles. The Kier molecular flexibility index (Phi) is 10.2. The van der Waals surface area contributed by atoms with Crippen molar-refractivity contribution < 1.29 is 25.8 Å². The molecule has 8 aromatic rings. The van der Waals surface area contributed by atoms with Crippen LogP contribution in [-0.4, -0.2) is 16.6 Å². The molecule has 0 amide bonds. The minimum absolute atomic E-state index is 0. The molecule has 2 aromatic heterocycles. The molecule has 0 atom stereocenters. The summed E-state index contributed by atoms with van der Waals surface area (Å²) in [6, 6.07) is 44.8. The largest absolute Gasteiger partial charge is 0.504 e. The Bertz CT molecular complexity index is 3360. The smallest absolute Gasteiger partial charge is 0.249 e. The number of hydrogen-bond donors (Lipinski definition) is 0. The first kappa shape index (κ1) is 45.6. The van der Waals surface area contributed by atoms with Crippen LogP contribution in [0.2, 0.25) is 0 Å². The molecule has 0 bridgehead atoms. The van der Waals surface area contributed by atoms with Gasteiger partial charge in [-0.25, -0.2) is 9.83 Å². The molecular weight excluding hydrogens is 1010 g/mol. The third-order valence-electron chi connectivity index (χ3n) is 14.4. The predicted molar refractivity (Wildman–Crippen MR) is 276 cm³/mol. The van der Waals surface area contributed by atoms with Gasteiger partial charge in [-0.05, 0) is 108 Å². The van der Waals surface area contributed by atoms with Crippen LogP contribution in [0.3, 0.4) is 0 Å². The Labute approximate surface area is 417 Å². The monoisotopic (exact) mass is 1070 g/mol. The number of para-hydroxylation sites is 2. The number of rotatable bonds is 3. The Morgan fingerprint density at radius 1 is 0.662 bits per heavy atom. The molecule has 0 saturated carbocycles. The molecule has 346 valence electrons. The maximum Gasteiger partial charge on any atom is 0.249 e. The van der Waals surface area contributed by atoms with Gasteiger partial charge in [-0.2, -0.15) is 12.7 Å². The van der Waals surface area contributed by atoms with E-state index in [1.54, 1.807) is 6.20 Å². The van der Waals surface area contributed by atoms with Crippen LogP contribution in [0.15, 0.2) is 109 Å². The number of anilines is 3. The van der Waals surface area contributed by atoms with Crippen molar-refractivity contribution in [1.82, 2.24) is 9.55 Å². The van der Waals surface area contributed by atoms with Crippen molar-refractivity contribution >= 4 is 44.6 Å². The van der Waals surface area contributed by atoms with Crippen molar-refractivity contribution in [2.75, 3.05) is 16.8 Å². The molecule has 0 N–H and O–H groups in total. The molecule has 3 aliphatic rings. The summed E-state index contributed by atoms with van der Waals surface area (Å²) in [5.74, 6) is 1.63. The van der Waals surface area contributed by atoms with Crippen LogP contribution in [-0.2, 0) is 48.1 Å². The van der Waals surface area contributed by atoms with Gasteiger partial charge in [-0.15, -0.1) is 23.8 Å². The minimum atomic E-state index is -0.718. The molecule has 2 aliphatic heterocycles. The maximum absolute atomic E-state index is 8.40. The molecule has 4 heterocycles. The first-order valence-electron chi connectivity index (χ1n) is 23.5. The van der Waals surface area contributed by atoms with Gasteiger partial charge in [0.15, 0.2) is 0 Å². The van der Waals surface area contributed by atoms with Crippen molar-refractivity contribution in [3.63, 3.8) is 0 Å². The van der Waals surface area contributed by atoms with E-state index in [2.05, 4.69) is 195 Å². The van der Waals surface area contributed by atoms with E-state index in [-0.39, 0.29) is 42.7 Å². The van der Waals surface area contributed by atoms with E-state index in [4.69, 9.17) is 16.3 Å². The van der Waals surface area contributed by atoms with E-state index in [1.165, 1.54) is 50.1 Å². The third-order valence-corrected chi connectivity index (χ3v) is 14.4. The Hall–Kier alpha value is -6.15. The quantitative estimate of drug-likeness (QED) is 0.165. The van der Waals surface area contributed by atoms with Crippen LogP contribution in [0.1, 0.15) is 128 Å². The van der Waals surface area contributed by atoms with Gasteiger partial charge < -0.3 is 19.1 Å². The van der Waals surface area contributed by atoms with Gasteiger partial charge in [-0.1, -0.05) is 166 Å². The second-order valence-corrected chi connectivity index (χ2v) is 23.0. The zero-order valence-electron chi connectivity index (χ0n) is 41.4. The van der Waals surface area contributed by atoms with Crippen molar-refractivity contribution in [3.05, 3.63) is 184 Å². The summed E-state index contributed by atoms with van der Waals surface area (Å²) in [6.45, 7) is 38.9. The summed E-state index contributed by atoms with van der Waals surface area (Å²) < 4.78 is 9.03. The maximum atomic E-state index is 8.40. The SMILES string of the molecule is [C-]#[N+]c1cc2c3ccccc3n(-c3ccccn3)c2[c-]c1Oc1[c-]c2c(cc1)C1(c3cccc4c3N2[CH-]N4C)c2c(cc(C(C)(C)C)cc2C(C)(C)C)-c2cc(C(C)(C)C)cc(C(C)(C)C)c21.[Pt]. The molecule has 0 unspecified atom stereocenters. The predicted octanol–water partition coefficient (Wildman–Crippen LogP) is 15.7. The van der Waals surface area contributed by atoms with Crippen LogP contribution in [0.25, 0.3) is 43.6 Å². The summed E-state index contributed by atoms with van der Waals surface area (Å²) >= 11 is 0. The van der Waals surface area contributed by atoms with Crippen LogP contribution in [0.4, 0.5) is 22.7 Å². The average Bonchev–Trinajstić information content (AvgIpc) is 3.89. The van der Waals surface area contributed by atoms with Gasteiger partial charge >= 0.3 is 0 Å². The number of aromatic nitrogens is 2. The molecule has 0 radical (unpaired) electrons. The Morgan fingerprint density at radius 2 is 1.29 bits per heavy atom. The van der Waals surface area contributed by atoms with Gasteiger partial charge in [0.05, 0.1) is 0 Å². The molecule has 7 heteroatoms. The van der Waals surface area contributed by atoms with Crippen LogP contribution in [0.5, 0.6) is 11.5 Å². The van der Waals surface area contributed by atoms with E-state index >= 15 is 0 Å². The van der Waals surface area contributed by atoms with Crippen molar-refractivity contribution in [2.24, 2.45) is 0 Å². The molecule has 0 saturated heterocycles. The Morgan fingerprint density at radius 3 is 1.88 bits per heavy atom. The zero-order chi connectivity index (χ0) is 47.3. The fraction of sp³-hybridized carbons (Fsp3) is 0.295. The van der Waals surface area contributed by atoms with Crippen LogP contribution >= 0.6 is 0 Å². The zero-order valence-corrected chi connectivity index (χ0v) is 43.7. The molecule has 11 rings (SSSR count).